The van der Waals surface area contributed by atoms with Crippen LogP contribution >= 0.6 is 0 Å². The van der Waals surface area contributed by atoms with Gasteiger partial charge in [-0.05, 0) is 46.2 Å². The van der Waals surface area contributed by atoms with Crippen molar-refractivity contribution in [2.24, 2.45) is 0 Å². The standard InChI is InChI=1S/C14H29N3/c1-4-12(2)16(3)9-10-17-8-7-14(11-17)15-13-5-6-13/h12-15H,4-11H2,1-3H3. The number of likely N-dealkylation sites (N-methyl/N-ethyl adjacent to an activating group) is 1. The molecule has 1 aliphatic carbocycles. The third-order valence-electron chi connectivity index (χ3n) is 4.43. The maximum Gasteiger partial charge on any atom is 0.0209 e. The summed E-state index contributed by atoms with van der Waals surface area (Å²) in [4.78, 5) is 5.11. The number of likely N-dealkylation sites (tertiary alicyclic amines) is 1. The lowest BCUT2D eigenvalue weighted by molar-refractivity contribution is 0.209. The highest BCUT2D eigenvalue weighted by Crippen LogP contribution is 2.21. The lowest BCUT2D eigenvalue weighted by Gasteiger charge is -2.26. The average Bonchev–Trinajstić information content (AvgIpc) is 3.03. The van der Waals surface area contributed by atoms with E-state index < -0.39 is 0 Å². The van der Waals surface area contributed by atoms with Crippen LogP contribution in [0.2, 0.25) is 0 Å². The fraction of sp³-hybridized carbons (Fsp3) is 1.00. The topological polar surface area (TPSA) is 18.5 Å². The molecule has 1 aliphatic heterocycles. The second-order valence-electron chi connectivity index (χ2n) is 5.97. The molecule has 0 aromatic carbocycles. The predicted octanol–water partition coefficient (Wildman–Crippen LogP) is 1.54. The van der Waals surface area contributed by atoms with Gasteiger partial charge in [0, 0.05) is 37.8 Å². The van der Waals surface area contributed by atoms with E-state index in [0.29, 0.717) is 0 Å². The molecule has 1 heterocycles. The molecular weight excluding hydrogens is 210 g/mol. The smallest absolute Gasteiger partial charge is 0.0209 e. The largest absolute Gasteiger partial charge is 0.310 e. The van der Waals surface area contributed by atoms with E-state index in [1.165, 1.54) is 51.9 Å². The Morgan fingerprint density at radius 1 is 1.29 bits per heavy atom. The molecule has 2 rings (SSSR count). The van der Waals surface area contributed by atoms with Gasteiger partial charge in [-0.1, -0.05) is 6.92 Å². The number of rotatable bonds is 7. The number of nitrogens with one attached hydrogen (secondary N) is 1. The van der Waals surface area contributed by atoms with E-state index in [0.717, 1.165) is 18.1 Å². The Labute approximate surface area is 107 Å². The minimum atomic E-state index is 0.720. The van der Waals surface area contributed by atoms with Gasteiger partial charge < -0.3 is 15.1 Å². The van der Waals surface area contributed by atoms with Crippen molar-refractivity contribution in [2.75, 3.05) is 33.2 Å². The van der Waals surface area contributed by atoms with Crippen LogP contribution in [-0.4, -0.2) is 61.2 Å². The third-order valence-corrected chi connectivity index (χ3v) is 4.43. The van der Waals surface area contributed by atoms with Gasteiger partial charge in [-0.3, -0.25) is 0 Å². The van der Waals surface area contributed by atoms with Gasteiger partial charge in [-0.15, -0.1) is 0 Å². The Morgan fingerprint density at radius 2 is 2.06 bits per heavy atom. The summed E-state index contributed by atoms with van der Waals surface area (Å²) in [5.74, 6) is 0. The molecular formula is C14H29N3. The lowest BCUT2D eigenvalue weighted by Crippen LogP contribution is -2.38. The first-order chi connectivity index (χ1) is 8.19. The van der Waals surface area contributed by atoms with Crippen molar-refractivity contribution >= 4 is 0 Å². The zero-order chi connectivity index (χ0) is 12.3. The first kappa shape index (κ1) is 13.3. The SMILES string of the molecule is CCC(C)N(C)CCN1CCC(NC2CC2)C1. The molecule has 1 saturated heterocycles. The molecule has 0 aromatic heterocycles. The lowest BCUT2D eigenvalue weighted by atomic mass is 10.2. The molecule has 3 nitrogen and oxygen atoms in total. The summed E-state index contributed by atoms with van der Waals surface area (Å²) < 4.78 is 0. The van der Waals surface area contributed by atoms with Crippen LogP contribution in [0.4, 0.5) is 0 Å². The normalized spacial score (nSPS) is 27.9. The van der Waals surface area contributed by atoms with Crippen molar-refractivity contribution in [1.29, 1.82) is 0 Å². The van der Waals surface area contributed by atoms with Gasteiger partial charge >= 0.3 is 0 Å². The minimum Gasteiger partial charge on any atom is -0.310 e. The van der Waals surface area contributed by atoms with Gasteiger partial charge in [0.25, 0.3) is 0 Å². The van der Waals surface area contributed by atoms with Crippen LogP contribution in [0.25, 0.3) is 0 Å². The quantitative estimate of drug-likeness (QED) is 0.727. The summed E-state index contributed by atoms with van der Waals surface area (Å²) in [5.41, 5.74) is 0. The molecule has 0 aromatic rings. The third kappa shape index (κ3) is 4.23. The molecule has 2 atom stereocenters. The van der Waals surface area contributed by atoms with Crippen molar-refractivity contribution in [3.8, 4) is 0 Å². The molecule has 0 amide bonds. The molecule has 0 radical (unpaired) electrons. The van der Waals surface area contributed by atoms with Crippen LogP contribution in [0, 0.1) is 0 Å². The van der Waals surface area contributed by atoms with Crippen molar-refractivity contribution in [3.05, 3.63) is 0 Å². The van der Waals surface area contributed by atoms with Crippen LogP contribution in [0.3, 0.4) is 0 Å². The van der Waals surface area contributed by atoms with Crippen molar-refractivity contribution in [1.82, 2.24) is 15.1 Å². The number of nitrogens with zero attached hydrogens (tertiary/aromatic N) is 2. The highest BCUT2D eigenvalue weighted by Gasteiger charge is 2.28. The van der Waals surface area contributed by atoms with Crippen LogP contribution < -0.4 is 5.32 Å². The summed E-state index contributed by atoms with van der Waals surface area (Å²) in [6.45, 7) is 9.60. The Balaban J connectivity index is 1.60. The van der Waals surface area contributed by atoms with Crippen molar-refractivity contribution in [2.45, 2.75) is 57.7 Å². The Morgan fingerprint density at radius 3 is 2.71 bits per heavy atom. The second kappa shape index (κ2) is 6.17. The van der Waals surface area contributed by atoms with E-state index in [-0.39, 0.29) is 0 Å². The van der Waals surface area contributed by atoms with E-state index in [9.17, 15) is 0 Å². The minimum absolute atomic E-state index is 0.720. The molecule has 2 unspecified atom stereocenters. The zero-order valence-corrected chi connectivity index (χ0v) is 11.8. The van der Waals surface area contributed by atoms with Gasteiger partial charge in [-0.25, -0.2) is 0 Å². The van der Waals surface area contributed by atoms with Gasteiger partial charge in [0.05, 0.1) is 0 Å². The van der Waals surface area contributed by atoms with E-state index in [2.05, 4.69) is 36.0 Å². The summed E-state index contributed by atoms with van der Waals surface area (Å²) in [7, 11) is 2.25. The first-order valence-electron chi connectivity index (χ1n) is 7.37. The number of hydrogen-bond donors (Lipinski definition) is 1. The summed E-state index contributed by atoms with van der Waals surface area (Å²) >= 11 is 0. The van der Waals surface area contributed by atoms with Crippen LogP contribution in [0.1, 0.15) is 39.5 Å². The summed E-state index contributed by atoms with van der Waals surface area (Å²) in [6.07, 6.45) is 5.42. The monoisotopic (exact) mass is 239 g/mol. The molecule has 0 bridgehead atoms. The second-order valence-corrected chi connectivity index (χ2v) is 5.97. The molecule has 2 fully saturated rings. The van der Waals surface area contributed by atoms with E-state index in [4.69, 9.17) is 0 Å². The average molecular weight is 239 g/mol. The van der Waals surface area contributed by atoms with Crippen molar-refractivity contribution < 1.29 is 0 Å². The Bertz CT molecular complexity index is 228. The molecule has 100 valence electrons. The first-order valence-corrected chi connectivity index (χ1v) is 7.37. The molecule has 2 aliphatic rings. The van der Waals surface area contributed by atoms with Gasteiger partial charge in [0.15, 0.2) is 0 Å². The molecule has 17 heavy (non-hydrogen) atoms. The summed E-state index contributed by atoms with van der Waals surface area (Å²) in [6, 6.07) is 2.36. The molecule has 1 N–H and O–H groups in total. The van der Waals surface area contributed by atoms with Crippen LogP contribution in [0.15, 0.2) is 0 Å². The van der Waals surface area contributed by atoms with Crippen LogP contribution in [-0.2, 0) is 0 Å². The fourth-order valence-electron chi connectivity index (χ4n) is 2.59. The Hall–Kier alpha value is -0.120. The van der Waals surface area contributed by atoms with E-state index in [1.54, 1.807) is 0 Å². The molecule has 1 saturated carbocycles. The van der Waals surface area contributed by atoms with E-state index >= 15 is 0 Å². The summed E-state index contributed by atoms with van der Waals surface area (Å²) in [5, 5.41) is 3.75. The predicted molar refractivity (Wildman–Crippen MR) is 73.4 cm³/mol. The Kier molecular flexibility index (Phi) is 4.83. The fourth-order valence-corrected chi connectivity index (χ4v) is 2.59. The zero-order valence-electron chi connectivity index (χ0n) is 11.8. The highest BCUT2D eigenvalue weighted by atomic mass is 15.2. The van der Waals surface area contributed by atoms with Crippen LogP contribution in [0.5, 0.6) is 0 Å². The maximum atomic E-state index is 3.75. The van der Waals surface area contributed by atoms with Gasteiger partial charge in [-0.2, -0.15) is 0 Å². The maximum absolute atomic E-state index is 3.75. The number of hydrogen-bond acceptors (Lipinski definition) is 3. The van der Waals surface area contributed by atoms with Gasteiger partial charge in [0.2, 0.25) is 0 Å². The van der Waals surface area contributed by atoms with Gasteiger partial charge in [0.1, 0.15) is 0 Å². The highest BCUT2D eigenvalue weighted by molar-refractivity contribution is 4.89. The van der Waals surface area contributed by atoms with Crippen molar-refractivity contribution in [3.63, 3.8) is 0 Å². The van der Waals surface area contributed by atoms with E-state index in [1.807, 2.05) is 0 Å². The molecule has 3 heteroatoms. The molecule has 0 spiro atoms.